The maximum Gasteiger partial charge on any atom is 0.258 e. The minimum absolute atomic E-state index is 0.326. The Balaban J connectivity index is 1.81. The van der Waals surface area contributed by atoms with E-state index in [2.05, 4.69) is 5.32 Å². The Bertz CT molecular complexity index is 512. The van der Waals surface area contributed by atoms with Crippen molar-refractivity contribution in [2.45, 2.75) is 12.5 Å². The number of nitrogens with one attached hydrogen (secondary N) is 1. The van der Waals surface area contributed by atoms with Crippen molar-refractivity contribution in [3.05, 3.63) is 41.5 Å². The molecule has 0 bridgehead atoms. The first-order valence-corrected chi connectivity index (χ1v) is 5.50. The highest BCUT2D eigenvalue weighted by Gasteiger charge is 2.24. The molecule has 0 aliphatic carbocycles. The predicted octanol–water partition coefficient (Wildman–Crippen LogP) is 0.668. The van der Waals surface area contributed by atoms with Gasteiger partial charge in [-0.15, -0.1) is 0 Å². The molecular weight excluding hydrogens is 218 g/mol. The van der Waals surface area contributed by atoms with Crippen molar-refractivity contribution >= 4 is 17.4 Å². The van der Waals surface area contributed by atoms with Crippen LogP contribution in [0.15, 0.2) is 30.3 Å². The summed E-state index contributed by atoms with van der Waals surface area (Å²) in [6, 6.07) is 7.66. The van der Waals surface area contributed by atoms with Crippen LogP contribution in [0.4, 0.5) is 0 Å². The Morgan fingerprint density at radius 3 is 2.47 bits per heavy atom. The molecule has 2 aliphatic rings. The third-order valence-corrected chi connectivity index (χ3v) is 2.89. The fraction of sp³-hybridized carbons (Fsp3) is 0.231. The average molecular weight is 229 g/mol. The molecule has 0 saturated carbocycles. The van der Waals surface area contributed by atoms with Gasteiger partial charge in [-0.25, -0.2) is 0 Å². The van der Waals surface area contributed by atoms with E-state index in [1.54, 1.807) is 0 Å². The zero-order valence-corrected chi connectivity index (χ0v) is 9.10. The second-order valence-electron chi connectivity index (χ2n) is 4.23. The molecular formula is C13H11NO3. The van der Waals surface area contributed by atoms with E-state index in [-0.39, 0.29) is 11.8 Å². The monoisotopic (exact) mass is 229 g/mol. The fourth-order valence-electron chi connectivity index (χ4n) is 1.90. The van der Waals surface area contributed by atoms with E-state index in [0.29, 0.717) is 11.7 Å². The summed E-state index contributed by atoms with van der Waals surface area (Å²) in [7, 11) is 0. The Labute approximate surface area is 98.3 Å². The topological polar surface area (TPSA) is 58.7 Å². The number of hydrogen-bond donors (Lipinski definition) is 1. The summed E-state index contributed by atoms with van der Waals surface area (Å²) >= 11 is 0. The quantitative estimate of drug-likeness (QED) is 0.612. The van der Waals surface area contributed by atoms with Crippen LogP contribution in [0.5, 0.6) is 0 Å². The highest BCUT2D eigenvalue weighted by molar-refractivity contribution is 6.33. The molecule has 2 aliphatic heterocycles. The van der Waals surface area contributed by atoms with Gasteiger partial charge in [0.2, 0.25) is 0 Å². The van der Waals surface area contributed by atoms with Gasteiger partial charge < -0.3 is 4.74 Å². The molecule has 2 heterocycles. The lowest BCUT2D eigenvalue weighted by atomic mass is 10.0. The summed E-state index contributed by atoms with van der Waals surface area (Å²) in [5.41, 5.74) is 2.39. The van der Waals surface area contributed by atoms with Gasteiger partial charge in [0.1, 0.15) is 0 Å². The van der Waals surface area contributed by atoms with Gasteiger partial charge in [-0.05, 0) is 11.1 Å². The van der Waals surface area contributed by atoms with Gasteiger partial charge in [0.05, 0.1) is 18.3 Å². The third-order valence-electron chi connectivity index (χ3n) is 2.89. The zero-order chi connectivity index (χ0) is 11.8. The van der Waals surface area contributed by atoms with Crippen LogP contribution in [0.3, 0.4) is 0 Å². The minimum atomic E-state index is -0.347. The van der Waals surface area contributed by atoms with Gasteiger partial charge in [-0.3, -0.25) is 14.9 Å². The van der Waals surface area contributed by atoms with Gasteiger partial charge in [0.15, 0.2) is 0 Å². The molecule has 1 aromatic rings. The number of imide groups is 1. The van der Waals surface area contributed by atoms with Gasteiger partial charge in [-0.1, -0.05) is 24.3 Å². The molecule has 1 N–H and O–H groups in total. The van der Waals surface area contributed by atoms with Crippen molar-refractivity contribution in [2.24, 2.45) is 0 Å². The van der Waals surface area contributed by atoms with Crippen LogP contribution in [-0.4, -0.2) is 24.5 Å². The van der Waals surface area contributed by atoms with Crippen LogP contribution in [0.1, 0.15) is 11.1 Å². The molecule has 1 atom stereocenters. The van der Waals surface area contributed by atoms with Crippen LogP contribution >= 0.6 is 0 Å². The smallest absolute Gasteiger partial charge is 0.258 e. The van der Waals surface area contributed by atoms with Crippen molar-refractivity contribution in [1.29, 1.82) is 0 Å². The maximum absolute atomic E-state index is 11.4. The Morgan fingerprint density at radius 1 is 1.24 bits per heavy atom. The van der Waals surface area contributed by atoms with E-state index in [4.69, 9.17) is 4.74 Å². The lowest BCUT2D eigenvalue weighted by Gasteiger charge is -2.02. The van der Waals surface area contributed by atoms with E-state index in [0.717, 1.165) is 18.6 Å². The van der Waals surface area contributed by atoms with Gasteiger partial charge in [-0.2, -0.15) is 0 Å². The number of ether oxygens (including phenoxy) is 1. The first-order valence-electron chi connectivity index (χ1n) is 5.50. The molecule has 4 heteroatoms. The predicted molar refractivity (Wildman–Crippen MR) is 61.0 cm³/mol. The van der Waals surface area contributed by atoms with Crippen LogP contribution in [0, 0.1) is 0 Å². The molecule has 3 rings (SSSR count). The number of epoxide rings is 1. The van der Waals surface area contributed by atoms with Crippen molar-refractivity contribution in [2.75, 3.05) is 6.61 Å². The first-order chi connectivity index (χ1) is 8.22. The van der Waals surface area contributed by atoms with Gasteiger partial charge >= 0.3 is 0 Å². The van der Waals surface area contributed by atoms with E-state index >= 15 is 0 Å². The fourth-order valence-corrected chi connectivity index (χ4v) is 1.90. The second kappa shape index (κ2) is 3.82. The second-order valence-corrected chi connectivity index (χ2v) is 4.23. The van der Waals surface area contributed by atoms with E-state index in [1.807, 2.05) is 24.3 Å². The summed E-state index contributed by atoms with van der Waals surface area (Å²) < 4.78 is 5.15. The largest absolute Gasteiger partial charge is 0.373 e. The number of hydrogen-bond acceptors (Lipinski definition) is 3. The van der Waals surface area contributed by atoms with Crippen LogP contribution in [0.25, 0.3) is 5.57 Å². The number of carbonyl (C=O) groups is 2. The van der Waals surface area contributed by atoms with E-state index in [9.17, 15) is 9.59 Å². The Kier molecular flexibility index (Phi) is 2.30. The Hall–Kier alpha value is -1.94. The molecule has 0 radical (unpaired) electrons. The summed E-state index contributed by atoms with van der Waals surface area (Å²) in [4.78, 5) is 22.5. The molecule has 1 unspecified atom stereocenters. The zero-order valence-electron chi connectivity index (χ0n) is 9.10. The lowest BCUT2D eigenvalue weighted by Crippen LogP contribution is -2.21. The average Bonchev–Trinajstić information content (AvgIpc) is 3.05. The number of amides is 2. The highest BCUT2D eigenvalue weighted by atomic mass is 16.6. The SMILES string of the molecule is O=C1C=C(c2ccc(CC3CO3)cc2)C(=O)N1. The molecule has 0 spiro atoms. The number of rotatable bonds is 3. The van der Waals surface area contributed by atoms with Crippen LogP contribution < -0.4 is 5.32 Å². The molecule has 86 valence electrons. The minimum Gasteiger partial charge on any atom is -0.373 e. The molecule has 4 nitrogen and oxygen atoms in total. The maximum atomic E-state index is 11.4. The lowest BCUT2D eigenvalue weighted by molar-refractivity contribution is -0.123. The van der Waals surface area contributed by atoms with Gasteiger partial charge in [0.25, 0.3) is 11.8 Å². The summed E-state index contributed by atoms with van der Waals surface area (Å²) in [6.07, 6.45) is 2.60. The summed E-state index contributed by atoms with van der Waals surface area (Å²) in [5, 5.41) is 2.23. The van der Waals surface area contributed by atoms with Crippen LogP contribution in [0.2, 0.25) is 0 Å². The molecule has 17 heavy (non-hydrogen) atoms. The van der Waals surface area contributed by atoms with Crippen molar-refractivity contribution < 1.29 is 14.3 Å². The van der Waals surface area contributed by atoms with Crippen molar-refractivity contribution in [3.63, 3.8) is 0 Å². The number of benzene rings is 1. The Morgan fingerprint density at radius 2 is 1.94 bits per heavy atom. The van der Waals surface area contributed by atoms with E-state index < -0.39 is 0 Å². The summed E-state index contributed by atoms with van der Waals surface area (Å²) in [6.45, 7) is 0.837. The molecule has 0 aromatic heterocycles. The van der Waals surface area contributed by atoms with Crippen molar-refractivity contribution in [1.82, 2.24) is 5.32 Å². The summed E-state index contributed by atoms with van der Waals surface area (Å²) in [5.74, 6) is -0.672. The van der Waals surface area contributed by atoms with Crippen LogP contribution in [-0.2, 0) is 20.7 Å². The molecule has 1 aromatic carbocycles. The molecule has 1 fully saturated rings. The molecule has 1 saturated heterocycles. The van der Waals surface area contributed by atoms with Gasteiger partial charge in [0, 0.05) is 12.5 Å². The highest BCUT2D eigenvalue weighted by Crippen LogP contribution is 2.21. The standard InChI is InChI=1S/C13H11NO3/c15-12-6-11(13(16)14-12)9-3-1-8(2-4-9)5-10-7-17-10/h1-4,6,10H,5,7H2,(H,14,15,16). The molecule has 2 amide bonds. The van der Waals surface area contributed by atoms with Crippen molar-refractivity contribution in [3.8, 4) is 0 Å². The number of carbonyl (C=O) groups excluding carboxylic acids is 2. The normalized spacial score (nSPS) is 22.4. The third kappa shape index (κ3) is 2.12. The first kappa shape index (κ1) is 10.2. The van der Waals surface area contributed by atoms with E-state index in [1.165, 1.54) is 11.6 Å².